The van der Waals surface area contributed by atoms with E-state index < -0.39 is 5.60 Å². The van der Waals surface area contributed by atoms with Gasteiger partial charge in [0.05, 0.1) is 5.69 Å². The Balaban J connectivity index is 1.74. The summed E-state index contributed by atoms with van der Waals surface area (Å²) in [6.45, 7) is 6.95. The monoisotopic (exact) mass is 411 g/mol. The molecule has 0 bridgehead atoms. The van der Waals surface area contributed by atoms with Gasteiger partial charge in [-0.25, -0.2) is 4.98 Å². The molecule has 1 aliphatic heterocycles. The second-order valence-corrected chi connectivity index (χ2v) is 8.98. The smallest absolute Gasteiger partial charge is 0.306 e. The van der Waals surface area contributed by atoms with Gasteiger partial charge in [0.25, 0.3) is 5.91 Å². The van der Waals surface area contributed by atoms with Crippen molar-refractivity contribution in [3.63, 3.8) is 0 Å². The lowest BCUT2D eigenvalue weighted by molar-refractivity contribution is -0.154. The van der Waals surface area contributed by atoms with Gasteiger partial charge < -0.3 is 14.2 Å². The van der Waals surface area contributed by atoms with Gasteiger partial charge in [-0.2, -0.15) is 0 Å². The van der Waals surface area contributed by atoms with Crippen LogP contribution in [0.2, 0.25) is 0 Å². The van der Waals surface area contributed by atoms with Crippen molar-refractivity contribution >= 4 is 11.9 Å². The van der Waals surface area contributed by atoms with E-state index in [1.165, 1.54) is 0 Å². The first-order valence-electron chi connectivity index (χ1n) is 10.9. The van der Waals surface area contributed by atoms with Crippen LogP contribution in [-0.2, 0) is 22.5 Å². The Kier molecular flexibility index (Phi) is 6.95. The summed E-state index contributed by atoms with van der Waals surface area (Å²) in [6, 6.07) is 10.1. The number of rotatable bonds is 6. The molecule has 0 unspecified atom stereocenters. The fourth-order valence-electron chi connectivity index (χ4n) is 3.83. The van der Waals surface area contributed by atoms with Gasteiger partial charge in [-0.1, -0.05) is 36.8 Å². The van der Waals surface area contributed by atoms with Gasteiger partial charge in [0.2, 0.25) is 0 Å². The highest BCUT2D eigenvalue weighted by Crippen LogP contribution is 2.27. The van der Waals surface area contributed by atoms with E-state index in [-0.39, 0.29) is 11.9 Å². The lowest BCUT2D eigenvalue weighted by atomic mass is 10.1. The maximum absolute atomic E-state index is 13.2. The summed E-state index contributed by atoms with van der Waals surface area (Å²) in [5.74, 6) is 0.565. The first-order chi connectivity index (χ1) is 14.3. The summed E-state index contributed by atoms with van der Waals surface area (Å²) in [5.41, 5.74) is 2.14. The SMILES string of the molecule is CN(CCCC(=O)OC(C)(C)C)C(=O)c1nc(-c2ccccc2)n2c1CCCCC2. The molecule has 0 spiro atoms. The molecule has 162 valence electrons. The van der Waals surface area contributed by atoms with E-state index in [0.29, 0.717) is 25.1 Å². The lowest BCUT2D eigenvalue weighted by Gasteiger charge is -2.20. The van der Waals surface area contributed by atoms with Gasteiger partial charge >= 0.3 is 5.97 Å². The van der Waals surface area contributed by atoms with E-state index in [1.54, 1.807) is 11.9 Å². The number of amides is 1. The Morgan fingerprint density at radius 1 is 1.13 bits per heavy atom. The van der Waals surface area contributed by atoms with Gasteiger partial charge in [0.15, 0.2) is 0 Å². The molecule has 0 saturated carbocycles. The Labute approximate surface area is 179 Å². The molecule has 3 rings (SSSR count). The molecule has 1 aromatic carbocycles. The van der Waals surface area contributed by atoms with E-state index in [1.807, 2.05) is 51.1 Å². The summed E-state index contributed by atoms with van der Waals surface area (Å²) in [4.78, 5) is 31.6. The number of ether oxygens (including phenoxy) is 1. The number of aromatic nitrogens is 2. The zero-order valence-electron chi connectivity index (χ0n) is 18.6. The van der Waals surface area contributed by atoms with E-state index in [2.05, 4.69) is 4.57 Å². The molecule has 0 radical (unpaired) electrons. The molecule has 1 amide bonds. The number of carbonyl (C=O) groups is 2. The predicted molar refractivity (Wildman–Crippen MR) is 117 cm³/mol. The average Bonchev–Trinajstić information content (AvgIpc) is 2.87. The molecule has 0 aliphatic carbocycles. The summed E-state index contributed by atoms with van der Waals surface area (Å²) < 4.78 is 7.57. The van der Waals surface area contributed by atoms with Crippen LogP contribution in [0.15, 0.2) is 30.3 Å². The molecule has 1 aliphatic rings. The third-order valence-electron chi connectivity index (χ3n) is 5.24. The number of hydrogen-bond acceptors (Lipinski definition) is 4. The Morgan fingerprint density at radius 2 is 1.87 bits per heavy atom. The van der Waals surface area contributed by atoms with Crippen LogP contribution in [0.4, 0.5) is 0 Å². The van der Waals surface area contributed by atoms with Crippen LogP contribution in [0.3, 0.4) is 0 Å². The van der Waals surface area contributed by atoms with Crippen LogP contribution in [0, 0.1) is 0 Å². The molecule has 0 N–H and O–H groups in total. The molecule has 2 heterocycles. The van der Waals surface area contributed by atoms with Gasteiger partial charge in [-0.05, 0) is 46.5 Å². The number of esters is 1. The summed E-state index contributed by atoms with van der Waals surface area (Å²) in [6.07, 6.45) is 5.07. The van der Waals surface area contributed by atoms with Gasteiger partial charge in [-0.15, -0.1) is 0 Å². The van der Waals surface area contributed by atoms with Crippen LogP contribution in [0.25, 0.3) is 11.4 Å². The van der Waals surface area contributed by atoms with Crippen molar-refractivity contribution in [2.24, 2.45) is 0 Å². The molecule has 0 fully saturated rings. The lowest BCUT2D eigenvalue weighted by Crippen LogP contribution is -2.30. The first-order valence-corrected chi connectivity index (χ1v) is 10.9. The fraction of sp³-hybridized carbons (Fsp3) is 0.542. The third-order valence-corrected chi connectivity index (χ3v) is 5.24. The molecule has 6 heteroatoms. The number of carbonyl (C=O) groups excluding carboxylic acids is 2. The highest BCUT2D eigenvalue weighted by atomic mass is 16.6. The van der Waals surface area contributed by atoms with Crippen molar-refractivity contribution in [1.29, 1.82) is 0 Å². The summed E-state index contributed by atoms with van der Waals surface area (Å²) >= 11 is 0. The van der Waals surface area contributed by atoms with Gasteiger partial charge in [0, 0.05) is 32.1 Å². The van der Waals surface area contributed by atoms with Crippen molar-refractivity contribution in [2.45, 2.75) is 71.4 Å². The second-order valence-electron chi connectivity index (χ2n) is 8.98. The number of nitrogens with zero attached hydrogens (tertiary/aromatic N) is 3. The van der Waals surface area contributed by atoms with Gasteiger partial charge in [0.1, 0.15) is 17.1 Å². The number of imidazole rings is 1. The quantitative estimate of drug-likeness (QED) is 0.658. The largest absolute Gasteiger partial charge is 0.460 e. The normalized spacial score (nSPS) is 14.0. The fourth-order valence-corrected chi connectivity index (χ4v) is 3.83. The number of hydrogen-bond donors (Lipinski definition) is 0. The van der Waals surface area contributed by atoms with Crippen LogP contribution < -0.4 is 0 Å². The number of benzene rings is 1. The molecular weight excluding hydrogens is 378 g/mol. The van der Waals surface area contributed by atoms with Crippen molar-refractivity contribution in [3.05, 3.63) is 41.7 Å². The highest BCUT2D eigenvalue weighted by molar-refractivity contribution is 5.94. The minimum Gasteiger partial charge on any atom is -0.460 e. The summed E-state index contributed by atoms with van der Waals surface area (Å²) in [7, 11) is 1.78. The standard InChI is InChI=1S/C24H33N3O3/c1-24(2,3)30-20(28)15-11-16-26(4)23(29)21-19-14-9-6-10-17-27(19)22(25-21)18-12-7-5-8-13-18/h5,7-8,12-13H,6,9-11,14-17H2,1-4H3. The van der Waals surface area contributed by atoms with E-state index in [9.17, 15) is 9.59 Å². The minimum absolute atomic E-state index is 0.0768. The summed E-state index contributed by atoms with van der Waals surface area (Å²) in [5, 5.41) is 0. The molecule has 30 heavy (non-hydrogen) atoms. The minimum atomic E-state index is -0.485. The molecule has 0 atom stereocenters. The molecule has 6 nitrogen and oxygen atoms in total. The van der Waals surface area contributed by atoms with Crippen molar-refractivity contribution in [1.82, 2.24) is 14.5 Å². The van der Waals surface area contributed by atoms with Crippen LogP contribution >= 0.6 is 0 Å². The van der Waals surface area contributed by atoms with Crippen molar-refractivity contribution in [3.8, 4) is 11.4 Å². The Bertz CT molecular complexity index is 881. The van der Waals surface area contributed by atoms with E-state index >= 15 is 0 Å². The highest BCUT2D eigenvalue weighted by Gasteiger charge is 2.26. The van der Waals surface area contributed by atoms with Crippen molar-refractivity contribution < 1.29 is 14.3 Å². The molecular formula is C24H33N3O3. The van der Waals surface area contributed by atoms with Crippen LogP contribution in [0.5, 0.6) is 0 Å². The maximum Gasteiger partial charge on any atom is 0.306 e. The first kappa shape index (κ1) is 22.1. The van der Waals surface area contributed by atoms with Gasteiger partial charge in [-0.3, -0.25) is 9.59 Å². The zero-order valence-corrected chi connectivity index (χ0v) is 18.6. The molecule has 0 saturated heterocycles. The molecule has 1 aromatic heterocycles. The van der Waals surface area contributed by atoms with E-state index in [4.69, 9.17) is 9.72 Å². The van der Waals surface area contributed by atoms with E-state index in [0.717, 1.165) is 49.3 Å². The Hall–Kier alpha value is -2.63. The number of fused-ring (bicyclic) bond motifs is 1. The zero-order chi connectivity index (χ0) is 21.7. The average molecular weight is 412 g/mol. The topological polar surface area (TPSA) is 64.4 Å². The maximum atomic E-state index is 13.2. The second kappa shape index (κ2) is 9.45. The predicted octanol–water partition coefficient (Wildman–Crippen LogP) is 4.47. The Morgan fingerprint density at radius 3 is 2.57 bits per heavy atom. The van der Waals surface area contributed by atoms with Crippen LogP contribution in [-0.4, -0.2) is 45.5 Å². The van der Waals surface area contributed by atoms with Crippen molar-refractivity contribution in [2.75, 3.05) is 13.6 Å². The molecule has 2 aromatic rings. The van der Waals surface area contributed by atoms with Crippen LogP contribution in [0.1, 0.15) is 69.1 Å². The third kappa shape index (κ3) is 5.49.